The second-order valence-electron chi connectivity index (χ2n) is 4.86. The number of hydrogen-bond donors (Lipinski definition) is 0. The number of carbonyl (C=O) groups is 1. The molecule has 7 heteroatoms. The molecule has 22 heavy (non-hydrogen) atoms. The lowest BCUT2D eigenvalue weighted by atomic mass is 10.2. The van der Waals surface area contributed by atoms with Gasteiger partial charge in [0, 0.05) is 24.2 Å². The fourth-order valence-corrected chi connectivity index (χ4v) is 2.42. The number of hydrogen-bond acceptors (Lipinski definition) is 4. The van der Waals surface area contributed by atoms with Crippen molar-refractivity contribution >= 4 is 11.7 Å². The standard InChI is InChI=1S/C15H10FN5O/c16-13-4-3-10(6-18-13)12-8-21-14(19-12)9-20(15(21)22)11-2-1-5-17-7-11/h1-8H,9H2. The molecular formula is C15H10FN5O. The Morgan fingerprint density at radius 1 is 1.18 bits per heavy atom. The zero-order valence-electron chi connectivity index (χ0n) is 11.3. The second kappa shape index (κ2) is 4.73. The quantitative estimate of drug-likeness (QED) is 0.681. The first kappa shape index (κ1) is 12.6. The molecule has 0 bridgehead atoms. The molecule has 1 aliphatic heterocycles. The van der Waals surface area contributed by atoms with E-state index in [1.54, 1.807) is 35.6 Å². The van der Waals surface area contributed by atoms with Crippen LogP contribution in [0, 0.1) is 5.95 Å². The number of rotatable bonds is 2. The molecule has 0 aliphatic carbocycles. The summed E-state index contributed by atoms with van der Waals surface area (Å²) in [4.78, 5) is 26.1. The number of anilines is 1. The van der Waals surface area contributed by atoms with E-state index in [0.29, 0.717) is 23.6 Å². The average molecular weight is 295 g/mol. The van der Waals surface area contributed by atoms with Crippen LogP contribution in [0.4, 0.5) is 14.9 Å². The van der Waals surface area contributed by atoms with Crippen molar-refractivity contribution in [3.05, 3.63) is 60.8 Å². The van der Waals surface area contributed by atoms with Crippen LogP contribution < -0.4 is 4.90 Å². The summed E-state index contributed by atoms with van der Waals surface area (Å²) in [5.74, 6) is 0.0857. The molecule has 4 rings (SSSR count). The van der Waals surface area contributed by atoms with Gasteiger partial charge in [-0.3, -0.25) is 14.5 Å². The maximum Gasteiger partial charge on any atom is 0.334 e. The molecule has 0 aromatic carbocycles. The van der Waals surface area contributed by atoms with Gasteiger partial charge in [0.1, 0.15) is 5.82 Å². The van der Waals surface area contributed by atoms with Crippen LogP contribution in [0.1, 0.15) is 5.82 Å². The Kier molecular flexibility index (Phi) is 2.72. The molecule has 0 fully saturated rings. The van der Waals surface area contributed by atoms with Gasteiger partial charge in [0.15, 0.2) is 0 Å². The van der Waals surface area contributed by atoms with Crippen molar-refractivity contribution in [3.8, 4) is 11.3 Å². The third-order valence-electron chi connectivity index (χ3n) is 3.50. The third kappa shape index (κ3) is 1.95. The maximum absolute atomic E-state index is 12.9. The van der Waals surface area contributed by atoms with Gasteiger partial charge in [0.05, 0.1) is 24.1 Å². The summed E-state index contributed by atoms with van der Waals surface area (Å²) in [6.07, 6.45) is 6.33. The van der Waals surface area contributed by atoms with Crippen molar-refractivity contribution in [1.29, 1.82) is 0 Å². The lowest BCUT2D eigenvalue weighted by Crippen LogP contribution is -2.25. The highest BCUT2D eigenvalue weighted by Gasteiger charge is 2.30. The van der Waals surface area contributed by atoms with Crippen LogP contribution in [-0.4, -0.2) is 25.6 Å². The number of carbonyl (C=O) groups excluding carboxylic acids is 1. The predicted molar refractivity (Wildman–Crippen MR) is 76.6 cm³/mol. The Hall–Kier alpha value is -3.09. The first-order valence-electron chi connectivity index (χ1n) is 6.64. The van der Waals surface area contributed by atoms with Crippen LogP contribution in [-0.2, 0) is 6.54 Å². The van der Waals surface area contributed by atoms with E-state index in [2.05, 4.69) is 15.0 Å². The lowest BCUT2D eigenvalue weighted by molar-refractivity contribution is 0.251. The van der Waals surface area contributed by atoms with E-state index in [1.165, 1.54) is 16.8 Å². The zero-order chi connectivity index (χ0) is 15.1. The summed E-state index contributed by atoms with van der Waals surface area (Å²) in [7, 11) is 0. The molecule has 1 aliphatic rings. The summed E-state index contributed by atoms with van der Waals surface area (Å²) in [6, 6.07) is 6.27. The van der Waals surface area contributed by atoms with Crippen molar-refractivity contribution in [2.45, 2.75) is 6.54 Å². The summed E-state index contributed by atoms with van der Waals surface area (Å²) >= 11 is 0. The van der Waals surface area contributed by atoms with Gasteiger partial charge in [-0.1, -0.05) is 0 Å². The maximum atomic E-state index is 12.9. The van der Waals surface area contributed by atoms with E-state index in [0.717, 1.165) is 5.69 Å². The van der Waals surface area contributed by atoms with E-state index in [9.17, 15) is 9.18 Å². The smallest absolute Gasteiger partial charge is 0.285 e. The third-order valence-corrected chi connectivity index (χ3v) is 3.50. The van der Waals surface area contributed by atoms with Crippen molar-refractivity contribution in [2.75, 3.05) is 4.90 Å². The van der Waals surface area contributed by atoms with Gasteiger partial charge in [-0.2, -0.15) is 4.39 Å². The SMILES string of the molecule is O=C1N(c2cccnc2)Cc2nc(-c3ccc(F)nc3)cn21. The zero-order valence-corrected chi connectivity index (χ0v) is 11.3. The van der Waals surface area contributed by atoms with E-state index in [-0.39, 0.29) is 6.03 Å². The minimum atomic E-state index is -0.547. The van der Waals surface area contributed by atoms with Crippen molar-refractivity contribution < 1.29 is 9.18 Å². The van der Waals surface area contributed by atoms with E-state index in [4.69, 9.17) is 0 Å². The van der Waals surface area contributed by atoms with E-state index in [1.807, 2.05) is 6.07 Å². The first-order valence-corrected chi connectivity index (χ1v) is 6.64. The highest BCUT2D eigenvalue weighted by atomic mass is 19.1. The molecule has 3 aromatic rings. The number of pyridine rings is 2. The molecule has 108 valence electrons. The number of halogens is 1. The minimum Gasteiger partial charge on any atom is -0.285 e. The van der Waals surface area contributed by atoms with Gasteiger partial charge in [-0.25, -0.2) is 14.8 Å². The molecular weight excluding hydrogens is 285 g/mol. The highest BCUT2D eigenvalue weighted by Crippen LogP contribution is 2.26. The fraction of sp³-hybridized carbons (Fsp3) is 0.0667. The minimum absolute atomic E-state index is 0.183. The molecule has 4 heterocycles. The Morgan fingerprint density at radius 2 is 2.09 bits per heavy atom. The summed E-state index contributed by atoms with van der Waals surface area (Å²) in [5, 5.41) is 0. The fourth-order valence-electron chi connectivity index (χ4n) is 2.42. The molecule has 0 atom stereocenters. The number of nitrogens with zero attached hydrogens (tertiary/aromatic N) is 5. The molecule has 0 N–H and O–H groups in total. The normalized spacial score (nSPS) is 13.5. The molecule has 3 aromatic heterocycles. The van der Waals surface area contributed by atoms with Crippen molar-refractivity contribution in [1.82, 2.24) is 19.5 Å². The number of fused-ring (bicyclic) bond motifs is 1. The van der Waals surface area contributed by atoms with E-state index >= 15 is 0 Å². The van der Waals surface area contributed by atoms with Crippen LogP contribution in [0.25, 0.3) is 11.3 Å². The summed E-state index contributed by atoms with van der Waals surface area (Å²) in [6.45, 7) is 0.374. The molecule has 0 saturated carbocycles. The van der Waals surface area contributed by atoms with Crippen LogP contribution in [0.2, 0.25) is 0 Å². The first-order chi connectivity index (χ1) is 10.7. The highest BCUT2D eigenvalue weighted by molar-refractivity contribution is 5.96. The topological polar surface area (TPSA) is 63.9 Å². The van der Waals surface area contributed by atoms with Crippen LogP contribution in [0.15, 0.2) is 49.1 Å². The van der Waals surface area contributed by atoms with Crippen molar-refractivity contribution in [2.24, 2.45) is 0 Å². The van der Waals surface area contributed by atoms with E-state index < -0.39 is 5.95 Å². The average Bonchev–Trinajstić information content (AvgIpc) is 3.09. The van der Waals surface area contributed by atoms with Gasteiger partial charge >= 0.3 is 6.03 Å². The second-order valence-corrected chi connectivity index (χ2v) is 4.86. The molecule has 0 spiro atoms. The van der Waals surface area contributed by atoms with Gasteiger partial charge in [-0.15, -0.1) is 0 Å². The van der Waals surface area contributed by atoms with Gasteiger partial charge < -0.3 is 0 Å². The Bertz CT molecular complexity index is 844. The number of imidazole rings is 1. The lowest BCUT2D eigenvalue weighted by Gasteiger charge is -2.13. The number of aromatic nitrogens is 4. The predicted octanol–water partition coefficient (Wildman–Crippen LogP) is 2.47. The van der Waals surface area contributed by atoms with Gasteiger partial charge in [0.2, 0.25) is 5.95 Å². The molecule has 1 amide bonds. The van der Waals surface area contributed by atoms with Gasteiger partial charge in [-0.05, 0) is 24.3 Å². The largest absolute Gasteiger partial charge is 0.334 e. The molecule has 0 saturated heterocycles. The molecule has 0 radical (unpaired) electrons. The monoisotopic (exact) mass is 295 g/mol. The Labute approximate surface area is 124 Å². The Morgan fingerprint density at radius 3 is 2.77 bits per heavy atom. The molecule has 0 unspecified atom stereocenters. The summed E-state index contributed by atoms with van der Waals surface area (Å²) in [5.41, 5.74) is 1.99. The molecule has 6 nitrogen and oxygen atoms in total. The van der Waals surface area contributed by atoms with Gasteiger partial charge in [0.25, 0.3) is 0 Å². The summed E-state index contributed by atoms with van der Waals surface area (Å²) < 4.78 is 14.4. The number of amides is 1. The van der Waals surface area contributed by atoms with Crippen LogP contribution in [0.5, 0.6) is 0 Å². The van der Waals surface area contributed by atoms with Crippen LogP contribution >= 0.6 is 0 Å². The van der Waals surface area contributed by atoms with Crippen LogP contribution in [0.3, 0.4) is 0 Å². The van der Waals surface area contributed by atoms with Crippen molar-refractivity contribution in [3.63, 3.8) is 0 Å². The Balaban J connectivity index is 1.67.